The maximum atomic E-state index is 13.6. The summed E-state index contributed by atoms with van der Waals surface area (Å²) in [5.41, 5.74) is 5.26. The highest BCUT2D eigenvalue weighted by molar-refractivity contribution is 7.98. The summed E-state index contributed by atoms with van der Waals surface area (Å²) in [4.78, 5) is 14.3. The number of thioether (sulfide) groups is 1. The Bertz CT molecular complexity index is 1290. The molecule has 0 spiro atoms. The van der Waals surface area contributed by atoms with Crippen LogP contribution in [0.2, 0.25) is 0 Å². The number of hydrogen-bond acceptors (Lipinski definition) is 4. The third kappa shape index (κ3) is 5.90. The van der Waals surface area contributed by atoms with E-state index >= 15 is 0 Å². The van der Waals surface area contributed by atoms with Crippen molar-refractivity contribution in [1.29, 1.82) is 0 Å². The summed E-state index contributed by atoms with van der Waals surface area (Å²) in [5, 5.41) is 3.01. The van der Waals surface area contributed by atoms with Gasteiger partial charge in [-0.25, -0.2) is 8.42 Å². The quantitative estimate of drug-likeness (QED) is 0.398. The Morgan fingerprint density at radius 1 is 0.971 bits per heavy atom. The molecule has 0 radical (unpaired) electrons. The van der Waals surface area contributed by atoms with E-state index in [1.54, 1.807) is 48.2 Å². The first kappa shape index (κ1) is 25.3. The van der Waals surface area contributed by atoms with E-state index in [4.69, 9.17) is 0 Å². The Balaban J connectivity index is 1.56. The summed E-state index contributed by atoms with van der Waals surface area (Å²) >= 11 is 1.55. The van der Waals surface area contributed by atoms with Crippen molar-refractivity contribution in [3.63, 3.8) is 0 Å². The molecule has 1 aliphatic rings. The van der Waals surface area contributed by atoms with Gasteiger partial charge in [0.15, 0.2) is 0 Å². The van der Waals surface area contributed by atoms with Crippen LogP contribution in [0, 0.1) is 6.92 Å². The second-order valence-corrected chi connectivity index (χ2v) is 11.8. The molecule has 4 rings (SSSR count). The van der Waals surface area contributed by atoms with E-state index in [0.717, 1.165) is 28.9 Å². The van der Waals surface area contributed by atoms with Crippen molar-refractivity contribution in [2.24, 2.45) is 0 Å². The number of rotatable bonds is 8. The summed E-state index contributed by atoms with van der Waals surface area (Å²) in [7, 11) is -3.94. The first-order valence-electron chi connectivity index (χ1n) is 11.9. The fourth-order valence-electron chi connectivity index (χ4n) is 4.42. The molecule has 5 nitrogen and oxygen atoms in total. The number of benzene rings is 3. The highest BCUT2D eigenvalue weighted by Gasteiger charge is 2.28. The van der Waals surface area contributed by atoms with Crippen molar-refractivity contribution in [3.05, 3.63) is 89.0 Å². The summed E-state index contributed by atoms with van der Waals surface area (Å²) in [6.45, 7) is 3.58. The number of nitrogens with one attached hydrogen (secondary N) is 1. The molecule has 0 aliphatic heterocycles. The minimum atomic E-state index is -3.94. The molecular weight excluding hydrogens is 476 g/mol. The van der Waals surface area contributed by atoms with Gasteiger partial charge in [-0.1, -0.05) is 35.9 Å². The fourth-order valence-corrected chi connectivity index (χ4v) is 6.25. The van der Waals surface area contributed by atoms with Gasteiger partial charge in [-0.05, 0) is 98.9 Å². The third-order valence-corrected chi connectivity index (χ3v) is 9.04. The minimum Gasteiger partial charge on any atom is -0.348 e. The number of nitrogens with zero attached hydrogens (tertiary/aromatic N) is 1. The second-order valence-electron chi connectivity index (χ2n) is 9.05. The molecule has 0 heterocycles. The van der Waals surface area contributed by atoms with Crippen molar-refractivity contribution in [3.8, 4) is 0 Å². The molecule has 7 heteroatoms. The molecule has 0 saturated carbocycles. The van der Waals surface area contributed by atoms with Crippen LogP contribution in [0.5, 0.6) is 0 Å². The van der Waals surface area contributed by atoms with Crippen LogP contribution in [0.3, 0.4) is 0 Å². The zero-order valence-corrected chi connectivity index (χ0v) is 22.1. The van der Waals surface area contributed by atoms with Crippen LogP contribution in [0.15, 0.2) is 76.5 Å². The first-order valence-corrected chi connectivity index (χ1v) is 14.6. The lowest BCUT2D eigenvalue weighted by molar-refractivity contribution is -0.120. The summed E-state index contributed by atoms with van der Waals surface area (Å²) in [6.07, 6.45) is 6.53. The van der Waals surface area contributed by atoms with Crippen molar-refractivity contribution >= 4 is 33.4 Å². The number of carbonyl (C=O) groups excluding carboxylic acids is 1. The SMILES string of the molecule is CSc1ccc(S(=O)(=O)N(CC(=O)N[C@@H](C)c2ccc3c(c2)CCCC3)c2ccc(C)cc2)cc1. The van der Waals surface area contributed by atoms with Gasteiger partial charge < -0.3 is 5.32 Å². The summed E-state index contributed by atoms with van der Waals surface area (Å²) in [6, 6.07) is 20.1. The first-order chi connectivity index (χ1) is 16.8. The van der Waals surface area contributed by atoms with Crippen LogP contribution in [0.4, 0.5) is 5.69 Å². The monoisotopic (exact) mass is 508 g/mol. The molecule has 3 aromatic rings. The van der Waals surface area contributed by atoms with Crippen LogP contribution < -0.4 is 9.62 Å². The Labute approximate surface area is 213 Å². The van der Waals surface area contributed by atoms with E-state index in [9.17, 15) is 13.2 Å². The van der Waals surface area contributed by atoms with Gasteiger partial charge in [-0.15, -0.1) is 11.8 Å². The number of fused-ring (bicyclic) bond motifs is 1. The molecule has 184 valence electrons. The Hall–Kier alpha value is -2.77. The van der Waals surface area contributed by atoms with Crippen molar-refractivity contribution in [2.45, 2.75) is 55.4 Å². The smallest absolute Gasteiger partial charge is 0.264 e. The number of aryl methyl sites for hydroxylation is 3. The topological polar surface area (TPSA) is 66.5 Å². The number of anilines is 1. The predicted molar refractivity (Wildman–Crippen MR) is 144 cm³/mol. The molecular formula is C28H32N2O3S2. The van der Waals surface area contributed by atoms with Crippen LogP contribution in [-0.4, -0.2) is 27.1 Å². The van der Waals surface area contributed by atoms with Crippen molar-refractivity contribution < 1.29 is 13.2 Å². The average molecular weight is 509 g/mol. The van der Waals surface area contributed by atoms with Gasteiger partial charge in [-0.2, -0.15) is 0 Å². The molecule has 0 fully saturated rings. The third-order valence-electron chi connectivity index (χ3n) is 6.51. The van der Waals surface area contributed by atoms with Crippen LogP contribution in [-0.2, 0) is 27.7 Å². The zero-order chi connectivity index (χ0) is 25.0. The Morgan fingerprint density at radius 3 is 2.29 bits per heavy atom. The maximum Gasteiger partial charge on any atom is 0.264 e. The van der Waals surface area contributed by atoms with E-state index < -0.39 is 10.0 Å². The lowest BCUT2D eigenvalue weighted by atomic mass is 9.89. The van der Waals surface area contributed by atoms with E-state index in [1.165, 1.54) is 28.3 Å². The highest BCUT2D eigenvalue weighted by atomic mass is 32.2. The largest absolute Gasteiger partial charge is 0.348 e. The van der Waals surface area contributed by atoms with Gasteiger partial charge in [0.05, 0.1) is 16.6 Å². The van der Waals surface area contributed by atoms with Gasteiger partial charge in [0.2, 0.25) is 5.91 Å². The van der Waals surface area contributed by atoms with Gasteiger partial charge in [0.1, 0.15) is 6.54 Å². The zero-order valence-electron chi connectivity index (χ0n) is 20.5. The molecule has 0 unspecified atom stereocenters. The van der Waals surface area contributed by atoms with Crippen LogP contribution >= 0.6 is 11.8 Å². The van der Waals surface area contributed by atoms with Crippen molar-refractivity contribution in [2.75, 3.05) is 17.1 Å². The molecule has 1 aliphatic carbocycles. The maximum absolute atomic E-state index is 13.6. The normalized spacial score (nSPS) is 14.1. The summed E-state index contributed by atoms with van der Waals surface area (Å²) in [5.74, 6) is -0.347. The van der Waals surface area contributed by atoms with E-state index in [2.05, 4.69) is 23.5 Å². The fraction of sp³-hybridized carbons (Fsp3) is 0.321. The molecule has 1 amide bonds. The molecule has 1 N–H and O–H groups in total. The van der Waals surface area contributed by atoms with Crippen LogP contribution in [0.25, 0.3) is 0 Å². The number of amides is 1. The predicted octanol–water partition coefficient (Wildman–Crippen LogP) is 5.67. The molecule has 0 bridgehead atoms. The molecule has 3 aromatic carbocycles. The van der Waals surface area contributed by atoms with Gasteiger partial charge in [0, 0.05) is 4.90 Å². The van der Waals surface area contributed by atoms with E-state index in [0.29, 0.717) is 5.69 Å². The minimum absolute atomic E-state index is 0.159. The molecule has 35 heavy (non-hydrogen) atoms. The number of hydrogen-bond donors (Lipinski definition) is 1. The molecule has 0 aromatic heterocycles. The Morgan fingerprint density at radius 2 is 1.63 bits per heavy atom. The molecule has 1 atom stereocenters. The van der Waals surface area contributed by atoms with Crippen molar-refractivity contribution in [1.82, 2.24) is 5.32 Å². The van der Waals surface area contributed by atoms with Gasteiger partial charge in [0.25, 0.3) is 10.0 Å². The average Bonchev–Trinajstić information content (AvgIpc) is 2.87. The highest BCUT2D eigenvalue weighted by Crippen LogP contribution is 2.27. The lowest BCUT2D eigenvalue weighted by Crippen LogP contribution is -2.41. The second kappa shape index (κ2) is 10.9. The lowest BCUT2D eigenvalue weighted by Gasteiger charge is -2.26. The van der Waals surface area contributed by atoms with Gasteiger partial charge >= 0.3 is 0 Å². The number of carbonyl (C=O) groups is 1. The number of sulfonamides is 1. The van der Waals surface area contributed by atoms with E-state index in [-0.39, 0.29) is 23.4 Å². The Kier molecular flexibility index (Phi) is 7.87. The summed E-state index contributed by atoms with van der Waals surface area (Å²) < 4.78 is 28.4. The molecule has 0 saturated heterocycles. The van der Waals surface area contributed by atoms with Crippen LogP contribution in [0.1, 0.15) is 48.1 Å². The van der Waals surface area contributed by atoms with Gasteiger partial charge in [-0.3, -0.25) is 9.10 Å². The standard InChI is InChI=1S/C28H32N2O3S2/c1-20-8-12-25(13-9-20)30(35(32,33)27-16-14-26(34-3)15-17-27)19-28(31)29-21(2)23-11-10-22-6-4-5-7-24(22)18-23/h8-18,21H,4-7,19H2,1-3H3,(H,29,31)/t21-/m0/s1. The van der Waals surface area contributed by atoms with E-state index in [1.807, 2.05) is 32.2 Å².